The van der Waals surface area contributed by atoms with Crippen LogP contribution in [0.1, 0.15) is 0 Å². The van der Waals surface area contributed by atoms with Crippen molar-refractivity contribution in [2.75, 3.05) is 21.7 Å². The number of carboxylic acid groups (broad SMARTS) is 1. The predicted molar refractivity (Wildman–Crippen MR) is 149 cm³/mol. The third kappa shape index (κ3) is 7.69. The molecule has 0 bridgehead atoms. The smallest absolute Gasteiger partial charge is 0.480 e. The molecule has 0 amide bonds. The van der Waals surface area contributed by atoms with Gasteiger partial charge in [0.1, 0.15) is 18.8 Å². The zero-order chi connectivity index (χ0) is 33.4. The Morgan fingerprint density at radius 2 is 1.31 bits per heavy atom. The second-order valence-corrected chi connectivity index (χ2v) is 13.2. The van der Waals surface area contributed by atoms with Crippen LogP contribution in [-0.4, -0.2) is 58.5 Å². The number of fused-ring (bicyclic) bond motifs is 1. The molecule has 0 aliphatic rings. The van der Waals surface area contributed by atoms with Gasteiger partial charge in [-0.2, -0.15) is 13.2 Å². The van der Waals surface area contributed by atoms with Crippen LogP contribution < -0.4 is 13.3 Å². The van der Waals surface area contributed by atoms with Gasteiger partial charge < -0.3 is 9.84 Å². The fourth-order valence-corrected chi connectivity index (χ4v) is 7.06. The van der Waals surface area contributed by atoms with Crippen molar-refractivity contribution in [2.45, 2.75) is 22.3 Å². The number of hydrogen-bond acceptors (Lipinski definition) is 7. The number of benzene rings is 3. The number of pyridine rings is 1. The van der Waals surface area contributed by atoms with Crippen LogP contribution in [0.3, 0.4) is 0 Å². The molecule has 1 heterocycles. The van der Waals surface area contributed by atoms with Gasteiger partial charge in [-0.1, -0.05) is 35.9 Å². The number of sulfonamides is 2. The van der Waals surface area contributed by atoms with E-state index in [0.717, 1.165) is 18.2 Å². The lowest BCUT2D eigenvalue weighted by Crippen LogP contribution is -2.39. The van der Waals surface area contributed by atoms with Gasteiger partial charge in [-0.25, -0.2) is 26.1 Å². The molecule has 1 aromatic heterocycles. The highest BCUT2D eigenvalue weighted by Gasteiger charge is 2.39. The first-order chi connectivity index (χ1) is 20.8. The molecule has 4 rings (SSSR count). The summed E-state index contributed by atoms with van der Waals surface area (Å²) in [6.45, 7) is -3.30. The summed E-state index contributed by atoms with van der Waals surface area (Å²) in [7, 11) is -9.85. The fraction of sp³-hybridized carbons (Fsp3) is 0.154. The number of anilines is 2. The van der Waals surface area contributed by atoms with Gasteiger partial charge in [-0.15, -0.1) is 13.2 Å². The van der Waals surface area contributed by atoms with E-state index in [1.165, 1.54) is 30.3 Å². The molecule has 0 fully saturated rings. The molecule has 240 valence electrons. The first-order valence-electron chi connectivity index (χ1n) is 12.1. The molecule has 10 nitrogen and oxygen atoms in total. The highest BCUT2D eigenvalue weighted by atomic mass is 35.5. The van der Waals surface area contributed by atoms with Crippen LogP contribution >= 0.6 is 11.6 Å². The second kappa shape index (κ2) is 12.2. The van der Waals surface area contributed by atoms with Crippen LogP contribution in [0.25, 0.3) is 10.8 Å². The Kier molecular flexibility index (Phi) is 9.14. The molecule has 0 radical (unpaired) electrons. The predicted octanol–water partition coefficient (Wildman–Crippen LogP) is 5.82. The van der Waals surface area contributed by atoms with Crippen molar-refractivity contribution < 1.29 is 57.8 Å². The summed E-state index contributed by atoms with van der Waals surface area (Å²) in [6, 6.07) is 12.0. The number of halogens is 7. The van der Waals surface area contributed by atoms with Crippen molar-refractivity contribution >= 4 is 59.9 Å². The van der Waals surface area contributed by atoms with Gasteiger partial charge in [0, 0.05) is 15.8 Å². The summed E-state index contributed by atoms with van der Waals surface area (Å²) in [4.78, 5) is 14.4. The van der Waals surface area contributed by atoms with Gasteiger partial charge in [-0.05, 0) is 48.5 Å². The minimum Gasteiger partial charge on any atom is -0.480 e. The number of aliphatic carboxylic acids is 1. The number of carboxylic acids is 1. The average molecular weight is 698 g/mol. The molecule has 0 aliphatic heterocycles. The molecule has 19 heteroatoms. The molecule has 0 spiro atoms. The van der Waals surface area contributed by atoms with Crippen LogP contribution in [0.5, 0.6) is 5.75 Å². The molecule has 0 saturated carbocycles. The number of aromatic nitrogens is 1. The Bertz CT molecular complexity index is 1940. The molecule has 3 aromatic carbocycles. The lowest BCUT2D eigenvalue weighted by molar-refractivity contribution is -0.274. The van der Waals surface area contributed by atoms with Gasteiger partial charge in [0.15, 0.2) is 5.82 Å². The van der Waals surface area contributed by atoms with Crippen molar-refractivity contribution in [3.05, 3.63) is 84.0 Å². The van der Waals surface area contributed by atoms with E-state index < -0.39 is 78.7 Å². The van der Waals surface area contributed by atoms with Crippen LogP contribution in [0.15, 0.2) is 88.8 Å². The third-order valence-electron chi connectivity index (χ3n) is 5.91. The van der Waals surface area contributed by atoms with Gasteiger partial charge in [0.05, 0.1) is 21.7 Å². The van der Waals surface area contributed by atoms with E-state index in [9.17, 15) is 53.1 Å². The first kappa shape index (κ1) is 33.6. The summed E-state index contributed by atoms with van der Waals surface area (Å²) < 4.78 is 137. The minimum absolute atomic E-state index is 0.0963. The lowest BCUT2D eigenvalue weighted by atomic mass is 10.1. The third-order valence-corrected chi connectivity index (χ3v) is 9.68. The summed E-state index contributed by atoms with van der Waals surface area (Å²) >= 11 is 5.83. The van der Waals surface area contributed by atoms with Gasteiger partial charge in [-0.3, -0.25) is 9.10 Å². The van der Waals surface area contributed by atoms with Gasteiger partial charge >= 0.3 is 18.5 Å². The second-order valence-electron chi connectivity index (χ2n) is 9.02. The van der Waals surface area contributed by atoms with Crippen LogP contribution in [-0.2, 0) is 24.8 Å². The Labute approximate surface area is 256 Å². The van der Waals surface area contributed by atoms with Crippen molar-refractivity contribution in [1.82, 2.24) is 4.98 Å². The Hall–Kier alpha value is -4.29. The van der Waals surface area contributed by atoms with E-state index in [0.29, 0.717) is 34.8 Å². The SMILES string of the molecule is O=C(O)CN(c1ncc(N(CC(F)(F)F)S(=O)(=O)c2ccc(OC(F)(F)F)cc2)c2ccccc12)S(=O)(=O)c1ccc(Cl)cc1. The fourth-order valence-electron chi connectivity index (χ4n) is 4.09. The Morgan fingerprint density at radius 1 is 0.800 bits per heavy atom. The lowest BCUT2D eigenvalue weighted by Gasteiger charge is -2.28. The van der Waals surface area contributed by atoms with Crippen LogP contribution in [0, 0.1) is 0 Å². The molecular formula is C26H18ClF6N3O7S2. The van der Waals surface area contributed by atoms with Crippen LogP contribution in [0.4, 0.5) is 37.8 Å². The molecule has 0 atom stereocenters. The molecule has 4 aromatic rings. The number of hydrogen-bond donors (Lipinski definition) is 1. The number of rotatable bonds is 10. The molecule has 0 aliphatic carbocycles. The van der Waals surface area contributed by atoms with E-state index >= 15 is 0 Å². The molecule has 0 unspecified atom stereocenters. The van der Waals surface area contributed by atoms with Crippen molar-refractivity contribution in [3.63, 3.8) is 0 Å². The first-order valence-corrected chi connectivity index (χ1v) is 15.4. The summed E-state index contributed by atoms with van der Waals surface area (Å²) in [5.41, 5.74) is -0.693. The number of ether oxygens (including phenoxy) is 1. The van der Waals surface area contributed by atoms with Gasteiger partial charge in [0.25, 0.3) is 20.0 Å². The Balaban J connectivity index is 1.91. The van der Waals surface area contributed by atoms with E-state index in [1.807, 2.05) is 0 Å². The monoisotopic (exact) mass is 697 g/mol. The standard InChI is InChI=1S/C26H18ClF6N3O7S2/c27-16-5-9-18(10-6-16)44(39,40)35(14-23(37)38)24-21-4-2-1-3-20(21)22(13-34-24)36(15-25(28,29)30)45(41,42)19-11-7-17(8-12-19)43-26(31,32)33/h1-13H,14-15H2,(H,37,38). The van der Waals surface area contributed by atoms with E-state index in [-0.39, 0.29) is 20.1 Å². The van der Waals surface area contributed by atoms with Crippen LogP contribution in [0.2, 0.25) is 5.02 Å². The van der Waals surface area contributed by atoms with Crippen molar-refractivity contribution in [1.29, 1.82) is 0 Å². The molecule has 1 N–H and O–H groups in total. The maximum atomic E-state index is 13.8. The van der Waals surface area contributed by atoms with E-state index in [4.69, 9.17) is 11.6 Å². The number of alkyl halides is 6. The summed E-state index contributed by atoms with van der Waals surface area (Å²) in [5.74, 6) is -3.01. The highest BCUT2D eigenvalue weighted by Crippen LogP contribution is 2.38. The molecular weight excluding hydrogens is 680 g/mol. The minimum atomic E-state index is -5.17. The summed E-state index contributed by atoms with van der Waals surface area (Å²) in [6.07, 6.45) is -9.65. The molecule has 0 saturated heterocycles. The quantitative estimate of drug-likeness (QED) is 0.205. The largest absolute Gasteiger partial charge is 0.573 e. The van der Waals surface area contributed by atoms with E-state index in [1.54, 1.807) is 0 Å². The van der Waals surface area contributed by atoms with Crippen molar-refractivity contribution in [2.24, 2.45) is 0 Å². The topological polar surface area (TPSA) is 134 Å². The number of carbonyl (C=O) groups is 1. The maximum Gasteiger partial charge on any atom is 0.573 e. The zero-order valence-corrected chi connectivity index (χ0v) is 24.5. The van der Waals surface area contributed by atoms with Crippen molar-refractivity contribution in [3.8, 4) is 5.75 Å². The average Bonchev–Trinajstić information content (AvgIpc) is 2.93. The van der Waals surface area contributed by atoms with Gasteiger partial charge in [0.2, 0.25) is 0 Å². The Morgan fingerprint density at radius 3 is 1.82 bits per heavy atom. The zero-order valence-electron chi connectivity index (χ0n) is 22.1. The molecule has 45 heavy (non-hydrogen) atoms. The maximum absolute atomic E-state index is 13.8. The normalized spacial score (nSPS) is 12.6. The number of nitrogens with zero attached hydrogens (tertiary/aromatic N) is 3. The summed E-state index contributed by atoms with van der Waals surface area (Å²) in [5, 5.41) is 9.16. The van der Waals surface area contributed by atoms with E-state index in [2.05, 4.69) is 9.72 Å². The highest BCUT2D eigenvalue weighted by molar-refractivity contribution is 7.93.